The van der Waals surface area contributed by atoms with E-state index in [4.69, 9.17) is 9.47 Å². The van der Waals surface area contributed by atoms with Gasteiger partial charge in [-0.25, -0.2) is 8.42 Å². The van der Waals surface area contributed by atoms with Gasteiger partial charge >= 0.3 is 0 Å². The average molecular weight is 437 g/mol. The highest BCUT2D eigenvalue weighted by Gasteiger charge is 2.34. The number of nitrogens with zero attached hydrogens (tertiary/aromatic N) is 1. The van der Waals surface area contributed by atoms with Crippen molar-refractivity contribution >= 4 is 15.9 Å². The van der Waals surface area contributed by atoms with Crippen molar-refractivity contribution in [2.75, 3.05) is 26.3 Å². The summed E-state index contributed by atoms with van der Waals surface area (Å²) in [5.41, 5.74) is 0. The number of hydrogen-bond donors (Lipinski definition) is 1. The van der Waals surface area contributed by atoms with E-state index in [1.54, 1.807) is 18.2 Å². The largest absolute Gasteiger partial charge is 0.490 e. The zero-order valence-electron chi connectivity index (χ0n) is 17.6. The highest BCUT2D eigenvalue weighted by Crippen LogP contribution is 2.34. The van der Waals surface area contributed by atoms with E-state index < -0.39 is 10.0 Å². The number of ether oxygens (including phenoxy) is 2. The van der Waals surface area contributed by atoms with Gasteiger partial charge in [0.05, 0.1) is 18.1 Å². The summed E-state index contributed by atoms with van der Waals surface area (Å²) in [6, 6.07) is 5.06. The third-order valence-corrected chi connectivity index (χ3v) is 8.52. The van der Waals surface area contributed by atoms with Crippen molar-refractivity contribution in [3.05, 3.63) is 18.2 Å². The van der Waals surface area contributed by atoms with Crippen LogP contribution in [-0.4, -0.2) is 51.0 Å². The van der Waals surface area contributed by atoms with Gasteiger partial charge in [-0.3, -0.25) is 4.79 Å². The van der Waals surface area contributed by atoms with Crippen LogP contribution in [0.3, 0.4) is 0 Å². The fraction of sp³-hybridized carbons (Fsp3) is 0.682. The van der Waals surface area contributed by atoms with E-state index in [1.165, 1.54) is 17.1 Å². The van der Waals surface area contributed by atoms with E-state index in [1.807, 2.05) is 0 Å². The van der Waals surface area contributed by atoms with Crippen LogP contribution >= 0.6 is 0 Å². The Labute approximate surface area is 179 Å². The minimum absolute atomic E-state index is 0.0846. The van der Waals surface area contributed by atoms with Gasteiger partial charge in [0.2, 0.25) is 15.9 Å². The van der Waals surface area contributed by atoms with Crippen molar-refractivity contribution in [1.82, 2.24) is 9.62 Å². The maximum absolute atomic E-state index is 13.1. The lowest BCUT2D eigenvalue weighted by Crippen LogP contribution is -2.47. The molecule has 2 atom stereocenters. The molecule has 2 aliphatic heterocycles. The van der Waals surface area contributed by atoms with Crippen LogP contribution in [0.2, 0.25) is 0 Å². The van der Waals surface area contributed by atoms with Crippen LogP contribution < -0.4 is 14.8 Å². The zero-order chi connectivity index (χ0) is 21.1. The zero-order valence-corrected chi connectivity index (χ0v) is 18.5. The summed E-state index contributed by atoms with van der Waals surface area (Å²) < 4.78 is 39.0. The second-order valence-electron chi connectivity index (χ2n) is 8.71. The van der Waals surface area contributed by atoms with Crippen LogP contribution in [0.4, 0.5) is 0 Å². The first-order valence-electron chi connectivity index (χ1n) is 11.2. The first-order chi connectivity index (χ1) is 14.4. The summed E-state index contributed by atoms with van der Waals surface area (Å²) in [4.78, 5) is 12.9. The third-order valence-electron chi connectivity index (χ3n) is 6.62. The minimum atomic E-state index is -3.63. The molecule has 1 aliphatic carbocycles. The van der Waals surface area contributed by atoms with E-state index in [0.29, 0.717) is 56.6 Å². The van der Waals surface area contributed by atoms with Crippen LogP contribution in [0.5, 0.6) is 11.5 Å². The molecule has 166 valence electrons. The van der Waals surface area contributed by atoms with Crippen LogP contribution in [0.25, 0.3) is 0 Å². The topological polar surface area (TPSA) is 84.9 Å². The maximum Gasteiger partial charge on any atom is 0.243 e. The molecule has 0 aromatic heterocycles. The summed E-state index contributed by atoms with van der Waals surface area (Å²) in [6.45, 7) is 3.99. The summed E-state index contributed by atoms with van der Waals surface area (Å²) in [5.74, 6) is 1.54. The van der Waals surface area contributed by atoms with E-state index in [2.05, 4.69) is 12.2 Å². The van der Waals surface area contributed by atoms with Gasteiger partial charge in [-0.1, -0.05) is 19.8 Å². The maximum atomic E-state index is 13.1. The smallest absolute Gasteiger partial charge is 0.243 e. The Morgan fingerprint density at radius 3 is 2.43 bits per heavy atom. The molecule has 7 nitrogen and oxygen atoms in total. The molecule has 1 aromatic carbocycles. The molecule has 1 amide bonds. The molecule has 0 radical (unpaired) electrons. The van der Waals surface area contributed by atoms with E-state index in [9.17, 15) is 13.2 Å². The predicted octanol–water partition coefficient (Wildman–Crippen LogP) is 2.94. The number of sulfonamides is 1. The Balaban J connectivity index is 1.37. The monoisotopic (exact) mass is 436 g/mol. The lowest BCUT2D eigenvalue weighted by molar-refractivity contribution is -0.127. The van der Waals surface area contributed by atoms with Crippen LogP contribution in [0, 0.1) is 11.8 Å². The fourth-order valence-electron chi connectivity index (χ4n) is 4.64. The molecule has 8 heteroatoms. The molecule has 2 heterocycles. The predicted molar refractivity (Wildman–Crippen MR) is 113 cm³/mol. The van der Waals surface area contributed by atoms with Crippen molar-refractivity contribution in [2.45, 2.75) is 62.8 Å². The molecular weight excluding hydrogens is 404 g/mol. The second kappa shape index (κ2) is 9.14. The normalized spacial score (nSPS) is 26.0. The lowest BCUT2D eigenvalue weighted by Gasteiger charge is -2.34. The number of rotatable bonds is 4. The van der Waals surface area contributed by atoms with Gasteiger partial charge in [-0.2, -0.15) is 4.31 Å². The molecule has 4 rings (SSSR count). The van der Waals surface area contributed by atoms with Gasteiger partial charge in [0.25, 0.3) is 0 Å². The summed E-state index contributed by atoms with van der Waals surface area (Å²) >= 11 is 0. The molecular formula is C22H32N2O5S. The molecule has 3 aliphatic rings. The number of carbonyl (C=O) groups is 1. The number of amides is 1. The molecule has 0 bridgehead atoms. The van der Waals surface area contributed by atoms with Crippen LogP contribution in [-0.2, 0) is 14.8 Å². The summed E-state index contributed by atoms with van der Waals surface area (Å²) in [5, 5.41) is 3.23. The van der Waals surface area contributed by atoms with E-state index in [0.717, 1.165) is 19.3 Å². The van der Waals surface area contributed by atoms with Crippen molar-refractivity contribution < 1.29 is 22.7 Å². The van der Waals surface area contributed by atoms with Gasteiger partial charge < -0.3 is 14.8 Å². The fourth-order valence-corrected chi connectivity index (χ4v) is 6.13. The average Bonchev–Trinajstić information content (AvgIpc) is 3.00. The Kier molecular flexibility index (Phi) is 6.53. The van der Waals surface area contributed by atoms with E-state index in [-0.39, 0.29) is 22.8 Å². The number of benzene rings is 1. The molecule has 1 N–H and O–H groups in total. The molecule has 0 spiro atoms. The first kappa shape index (κ1) is 21.4. The lowest BCUT2D eigenvalue weighted by atomic mass is 9.85. The number of fused-ring (bicyclic) bond motifs is 1. The van der Waals surface area contributed by atoms with Crippen molar-refractivity contribution in [3.63, 3.8) is 0 Å². The quantitative estimate of drug-likeness (QED) is 0.784. The van der Waals surface area contributed by atoms with Gasteiger partial charge in [0, 0.05) is 37.5 Å². The molecule has 1 saturated heterocycles. The van der Waals surface area contributed by atoms with E-state index >= 15 is 0 Å². The Bertz CT molecular complexity index is 864. The second-order valence-corrected chi connectivity index (χ2v) is 10.7. The Morgan fingerprint density at radius 1 is 1.00 bits per heavy atom. The number of nitrogens with one attached hydrogen (secondary N) is 1. The summed E-state index contributed by atoms with van der Waals surface area (Å²) in [7, 11) is -3.63. The number of hydrogen-bond acceptors (Lipinski definition) is 5. The van der Waals surface area contributed by atoms with Crippen molar-refractivity contribution in [3.8, 4) is 11.5 Å². The highest BCUT2D eigenvalue weighted by molar-refractivity contribution is 7.89. The number of piperidine rings is 1. The molecule has 2 fully saturated rings. The van der Waals surface area contributed by atoms with Crippen molar-refractivity contribution in [2.24, 2.45) is 11.8 Å². The molecule has 1 aromatic rings. The Morgan fingerprint density at radius 2 is 1.70 bits per heavy atom. The van der Waals surface area contributed by atoms with Crippen LogP contribution in [0.15, 0.2) is 23.1 Å². The molecule has 1 saturated carbocycles. The standard InChI is InChI=1S/C22H32N2O5S/c1-16-5-2-3-6-19(16)23-22(25)17-9-11-24(12-10-17)30(26,27)18-7-8-20-21(15-18)29-14-4-13-28-20/h7-8,15-17,19H,2-6,9-14H2,1H3,(H,23,25)/t16-,19+/m0/s1. The molecule has 0 unspecified atom stereocenters. The van der Waals surface area contributed by atoms with Gasteiger partial charge in [0.1, 0.15) is 0 Å². The SMILES string of the molecule is C[C@H]1CCCC[C@H]1NC(=O)C1CCN(S(=O)(=O)c2ccc3c(c2)OCCCO3)CC1. The van der Waals surface area contributed by atoms with Crippen LogP contribution in [0.1, 0.15) is 51.9 Å². The van der Waals surface area contributed by atoms with Crippen molar-refractivity contribution in [1.29, 1.82) is 0 Å². The number of carbonyl (C=O) groups excluding carboxylic acids is 1. The van der Waals surface area contributed by atoms with Gasteiger partial charge in [-0.05, 0) is 43.7 Å². The highest BCUT2D eigenvalue weighted by atomic mass is 32.2. The third kappa shape index (κ3) is 4.59. The Hall–Kier alpha value is -1.80. The van der Waals surface area contributed by atoms with Gasteiger partial charge in [0.15, 0.2) is 11.5 Å². The van der Waals surface area contributed by atoms with Gasteiger partial charge in [-0.15, -0.1) is 0 Å². The first-order valence-corrected chi connectivity index (χ1v) is 12.6. The summed E-state index contributed by atoms with van der Waals surface area (Å²) in [6.07, 6.45) is 6.49. The molecule has 30 heavy (non-hydrogen) atoms. The minimum Gasteiger partial charge on any atom is -0.490 e.